The molecule has 0 saturated heterocycles. The number of nitrogens with zero attached hydrogens (tertiary/aromatic N) is 2. The summed E-state index contributed by atoms with van der Waals surface area (Å²) < 4.78 is 6.76. The standard InChI is InChI=1S/C10H17N3O2/c1-3-13-7-12-6-9(13)8(11)5-10(14)15-4-2/h6-8H,3-5,11H2,1-2H3/t8-/m0/s1. The summed E-state index contributed by atoms with van der Waals surface area (Å²) in [5.74, 6) is -0.270. The molecule has 0 spiro atoms. The third-order valence-corrected chi connectivity index (χ3v) is 2.16. The van der Waals surface area contributed by atoms with Gasteiger partial charge in [0.05, 0.1) is 31.1 Å². The average molecular weight is 211 g/mol. The fraction of sp³-hybridized carbons (Fsp3) is 0.600. The summed E-state index contributed by atoms with van der Waals surface area (Å²) in [6, 6.07) is -0.341. The monoisotopic (exact) mass is 211 g/mol. The van der Waals surface area contributed by atoms with Gasteiger partial charge in [-0.25, -0.2) is 4.98 Å². The zero-order valence-corrected chi connectivity index (χ0v) is 9.14. The predicted molar refractivity (Wildman–Crippen MR) is 56.1 cm³/mol. The van der Waals surface area contributed by atoms with Gasteiger partial charge in [-0.3, -0.25) is 4.79 Å². The second kappa shape index (κ2) is 5.50. The molecule has 0 fully saturated rings. The van der Waals surface area contributed by atoms with Crippen LogP contribution in [0.1, 0.15) is 32.0 Å². The van der Waals surface area contributed by atoms with Gasteiger partial charge in [0.1, 0.15) is 0 Å². The molecular weight excluding hydrogens is 194 g/mol. The van der Waals surface area contributed by atoms with Gasteiger partial charge in [0.25, 0.3) is 0 Å². The van der Waals surface area contributed by atoms with Crippen LogP contribution in [-0.4, -0.2) is 22.1 Å². The number of aromatic nitrogens is 2. The Kier molecular flexibility index (Phi) is 4.30. The number of carbonyl (C=O) groups excluding carboxylic acids is 1. The largest absolute Gasteiger partial charge is 0.466 e. The molecule has 1 aromatic heterocycles. The van der Waals surface area contributed by atoms with E-state index in [-0.39, 0.29) is 18.4 Å². The van der Waals surface area contributed by atoms with Crippen molar-refractivity contribution in [3.05, 3.63) is 18.2 Å². The van der Waals surface area contributed by atoms with E-state index in [1.54, 1.807) is 19.4 Å². The summed E-state index contributed by atoms with van der Waals surface area (Å²) in [5, 5.41) is 0. The van der Waals surface area contributed by atoms with E-state index in [1.165, 1.54) is 0 Å². The molecule has 0 aromatic carbocycles. The summed E-state index contributed by atoms with van der Waals surface area (Å²) in [6.45, 7) is 4.96. The van der Waals surface area contributed by atoms with Crippen LogP contribution in [0.3, 0.4) is 0 Å². The van der Waals surface area contributed by atoms with Crippen molar-refractivity contribution in [3.8, 4) is 0 Å². The molecule has 2 N–H and O–H groups in total. The van der Waals surface area contributed by atoms with E-state index in [0.717, 1.165) is 12.2 Å². The summed E-state index contributed by atoms with van der Waals surface area (Å²) in [6.07, 6.45) is 3.59. The van der Waals surface area contributed by atoms with Crippen LogP contribution >= 0.6 is 0 Å². The number of rotatable bonds is 5. The van der Waals surface area contributed by atoms with Crippen LogP contribution in [0.5, 0.6) is 0 Å². The molecule has 5 heteroatoms. The molecule has 0 saturated carbocycles. The average Bonchev–Trinajstić information content (AvgIpc) is 2.65. The van der Waals surface area contributed by atoms with Crippen molar-refractivity contribution in [3.63, 3.8) is 0 Å². The Hall–Kier alpha value is -1.36. The van der Waals surface area contributed by atoms with Crippen LogP contribution in [0.25, 0.3) is 0 Å². The highest BCUT2D eigenvalue weighted by molar-refractivity contribution is 5.70. The molecule has 1 heterocycles. The fourth-order valence-electron chi connectivity index (χ4n) is 1.41. The first-order valence-electron chi connectivity index (χ1n) is 5.10. The summed E-state index contributed by atoms with van der Waals surface area (Å²) in [5.41, 5.74) is 6.75. The lowest BCUT2D eigenvalue weighted by Gasteiger charge is -2.12. The molecule has 5 nitrogen and oxygen atoms in total. The minimum atomic E-state index is -0.341. The third-order valence-electron chi connectivity index (χ3n) is 2.16. The molecule has 0 unspecified atom stereocenters. The van der Waals surface area contributed by atoms with Gasteiger partial charge < -0.3 is 15.0 Å². The van der Waals surface area contributed by atoms with Crippen LogP contribution in [0.15, 0.2) is 12.5 Å². The molecule has 15 heavy (non-hydrogen) atoms. The van der Waals surface area contributed by atoms with E-state index in [2.05, 4.69) is 4.98 Å². The topological polar surface area (TPSA) is 70.1 Å². The first kappa shape index (κ1) is 11.7. The Morgan fingerprint density at radius 3 is 3.00 bits per heavy atom. The summed E-state index contributed by atoms with van der Waals surface area (Å²) >= 11 is 0. The molecule has 0 aliphatic heterocycles. The number of hydrogen-bond acceptors (Lipinski definition) is 4. The SMILES string of the molecule is CCOC(=O)C[C@H](N)c1cncn1CC. The lowest BCUT2D eigenvalue weighted by molar-refractivity contribution is -0.143. The number of ether oxygens (including phenoxy) is 1. The number of carbonyl (C=O) groups is 1. The van der Waals surface area contributed by atoms with Crippen LogP contribution in [0, 0.1) is 0 Å². The number of hydrogen-bond donors (Lipinski definition) is 1. The van der Waals surface area contributed by atoms with Crippen molar-refractivity contribution in [1.29, 1.82) is 0 Å². The molecule has 0 aliphatic carbocycles. The molecule has 1 atom stereocenters. The maximum atomic E-state index is 11.2. The number of nitrogens with two attached hydrogens (primary N) is 1. The predicted octanol–water partition coefficient (Wildman–Crippen LogP) is 0.856. The van der Waals surface area contributed by atoms with Crippen molar-refractivity contribution in [2.24, 2.45) is 5.73 Å². The molecule has 0 bridgehead atoms. The molecule has 1 aromatic rings. The first-order valence-corrected chi connectivity index (χ1v) is 5.10. The molecule has 84 valence electrons. The number of aryl methyl sites for hydroxylation is 1. The maximum absolute atomic E-state index is 11.2. The van der Waals surface area contributed by atoms with Gasteiger partial charge >= 0.3 is 5.97 Å². The normalized spacial score (nSPS) is 12.5. The molecule has 0 aliphatic rings. The van der Waals surface area contributed by atoms with Crippen molar-refractivity contribution in [2.75, 3.05) is 6.61 Å². The van der Waals surface area contributed by atoms with Crippen LogP contribution in [0.4, 0.5) is 0 Å². The Balaban J connectivity index is 2.60. The van der Waals surface area contributed by atoms with Gasteiger partial charge in [-0.1, -0.05) is 0 Å². The van der Waals surface area contributed by atoms with E-state index in [4.69, 9.17) is 10.5 Å². The van der Waals surface area contributed by atoms with E-state index >= 15 is 0 Å². The van der Waals surface area contributed by atoms with Crippen LogP contribution in [-0.2, 0) is 16.1 Å². The Morgan fingerprint density at radius 1 is 1.67 bits per heavy atom. The van der Waals surface area contributed by atoms with Gasteiger partial charge in [-0.15, -0.1) is 0 Å². The molecule has 0 radical (unpaired) electrons. The Morgan fingerprint density at radius 2 is 2.40 bits per heavy atom. The zero-order valence-electron chi connectivity index (χ0n) is 9.14. The van der Waals surface area contributed by atoms with Crippen molar-refractivity contribution >= 4 is 5.97 Å². The maximum Gasteiger partial charge on any atom is 0.307 e. The van der Waals surface area contributed by atoms with Gasteiger partial charge in [-0.05, 0) is 13.8 Å². The zero-order chi connectivity index (χ0) is 11.3. The van der Waals surface area contributed by atoms with Gasteiger partial charge in [0.15, 0.2) is 0 Å². The Bertz CT molecular complexity index is 322. The number of imidazole rings is 1. The molecule has 0 amide bonds. The van der Waals surface area contributed by atoms with Crippen molar-refractivity contribution in [1.82, 2.24) is 9.55 Å². The van der Waals surface area contributed by atoms with Crippen LogP contribution < -0.4 is 5.73 Å². The van der Waals surface area contributed by atoms with Gasteiger partial charge in [0.2, 0.25) is 0 Å². The fourth-order valence-corrected chi connectivity index (χ4v) is 1.41. The van der Waals surface area contributed by atoms with Gasteiger partial charge in [-0.2, -0.15) is 0 Å². The smallest absolute Gasteiger partial charge is 0.307 e. The van der Waals surface area contributed by atoms with E-state index < -0.39 is 0 Å². The van der Waals surface area contributed by atoms with Crippen molar-refractivity contribution < 1.29 is 9.53 Å². The van der Waals surface area contributed by atoms with E-state index in [0.29, 0.717) is 6.61 Å². The highest BCUT2D eigenvalue weighted by atomic mass is 16.5. The summed E-state index contributed by atoms with van der Waals surface area (Å²) in [7, 11) is 0. The molecular formula is C10H17N3O2. The second-order valence-corrected chi connectivity index (χ2v) is 3.22. The van der Waals surface area contributed by atoms with Crippen molar-refractivity contribution in [2.45, 2.75) is 32.9 Å². The second-order valence-electron chi connectivity index (χ2n) is 3.22. The highest BCUT2D eigenvalue weighted by Gasteiger charge is 2.15. The Labute approximate surface area is 89.2 Å². The molecule has 1 rings (SSSR count). The quantitative estimate of drug-likeness (QED) is 0.733. The third kappa shape index (κ3) is 3.06. The first-order chi connectivity index (χ1) is 7.19. The van der Waals surface area contributed by atoms with E-state index in [9.17, 15) is 4.79 Å². The van der Waals surface area contributed by atoms with Gasteiger partial charge in [0, 0.05) is 12.7 Å². The lowest BCUT2D eigenvalue weighted by Crippen LogP contribution is -2.20. The number of esters is 1. The highest BCUT2D eigenvalue weighted by Crippen LogP contribution is 2.13. The lowest BCUT2D eigenvalue weighted by atomic mass is 10.1. The van der Waals surface area contributed by atoms with Crippen LogP contribution in [0.2, 0.25) is 0 Å². The summed E-state index contributed by atoms with van der Waals surface area (Å²) in [4.78, 5) is 15.2. The minimum Gasteiger partial charge on any atom is -0.466 e. The van der Waals surface area contributed by atoms with E-state index in [1.807, 2.05) is 11.5 Å². The minimum absolute atomic E-state index is 0.194.